The Kier molecular flexibility index (Phi) is 4.34. The Morgan fingerprint density at radius 1 is 0.692 bits per heavy atom. The van der Waals surface area contributed by atoms with Crippen molar-refractivity contribution in [2.24, 2.45) is 0 Å². The van der Waals surface area contributed by atoms with Crippen molar-refractivity contribution in [1.82, 2.24) is 0 Å². The highest BCUT2D eigenvalue weighted by atomic mass is 16.3. The van der Waals surface area contributed by atoms with Crippen molar-refractivity contribution in [1.29, 1.82) is 0 Å². The molecule has 4 aromatic rings. The van der Waals surface area contributed by atoms with Crippen LogP contribution in [0.3, 0.4) is 0 Å². The molecule has 0 aliphatic carbocycles. The third-order valence-corrected chi connectivity index (χ3v) is 4.63. The second-order valence-electron chi connectivity index (χ2n) is 6.26. The molecule has 1 atom stereocenters. The highest BCUT2D eigenvalue weighted by Gasteiger charge is 2.19. The summed E-state index contributed by atoms with van der Waals surface area (Å²) in [4.78, 5) is 13.1. The summed E-state index contributed by atoms with van der Waals surface area (Å²) in [5.74, 6) is -0.0380. The maximum atomic E-state index is 13.1. The lowest BCUT2D eigenvalue weighted by Crippen LogP contribution is -2.06. The van der Waals surface area contributed by atoms with Crippen molar-refractivity contribution in [2.75, 3.05) is 0 Å². The van der Waals surface area contributed by atoms with Gasteiger partial charge in [-0.3, -0.25) is 4.79 Å². The zero-order chi connectivity index (χ0) is 17.9. The highest BCUT2D eigenvalue weighted by molar-refractivity contribution is 6.17. The average Bonchev–Trinajstić information content (AvgIpc) is 2.73. The van der Waals surface area contributed by atoms with E-state index in [-0.39, 0.29) is 5.78 Å². The van der Waals surface area contributed by atoms with E-state index < -0.39 is 6.10 Å². The number of aliphatic hydroxyl groups excluding tert-OH is 1. The normalized spacial score (nSPS) is 12.0. The van der Waals surface area contributed by atoms with Gasteiger partial charge in [-0.05, 0) is 21.9 Å². The Bertz CT molecular complexity index is 1050. The first kappa shape index (κ1) is 16.2. The second-order valence-corrected chi connectivity index (χ2v) is 6.26. The van der Waals surface area contributed by atoms with Gasteiger partial charge in [0.1, 0.15) is 6.10 Å². The standard InChI is InChI=1S/C24H18O2/c25-23(18-9-3-1-4-10-18)20-15-7-13-17-14-8-16-21(22(17)20)24(26)19-11-5-2-6-12-19/h1-16,23,25H. The molecule has 1 unspecified atom stereocenters. The second kappa shape index (κ2) is 6.95. The van der Waals surface area contributed by atoms with Crippen LogP contribution in [0.15, 0.2) is 97.1 Å². The lowest BCUT2D eigenvalue weighted by Gasteiger charge is -2.16. The number of fused-ring (bicyclic) bond motifs is 1. The van der Waals surface area contributed by atoms with E-state index in [1.807, 2.05) is 97.1 Å². The van der Waals surface area contributed by atoms with Crippen LogP contribution in [0.5, 0.6) is 0 Å². The monoisotopic (exact) mass is 338 g/mol. The summed E-state index contributed by atoms with van der Waals surface area (Å²) in [7, 11) is 0. The number of hydrogen-bond donors (Lipinski definition) is 1. The van der Waals surface area contributed by atoms with Crippen molar-refractivity contribution in [3.8, 4) is 0 Å². The summed E-state index contributed by atoms with van der Waals surface area (Å²) in [5.41, 5.74) is 2.80. The van der Waals surface area contributed by atoms with Crippen LogP contribution in [-0.4, -0.2) is 10.9 Å². The summed E-state index contributed by atoms with van der Waals surface area (Å²) in [6.07, 6.45) is -0.787. The zero-order valence-electron chi connectivity index (χ0n) is 14.2. The topological polar surface area (TPSA) is 37.3 Å². The molecule has 0 saturated heterocycles. The average molecular weight is 338 g/mol. The Labute approximate surface area is 152 Å². The van der Waals surface area contributed by atoms with Crippen LogP contribution < -0.4 is 0 Å². The lowest BCUT2D eigenvalue weighted by molar-refractivity contribution is 0.104. The van der Waals surface area contributed by atoms with Crippen LogP contribution in [0, 0.1) is 0 Å². The number of hydrogen-bond acceptors (Lipinski definition) is 2. The van der Waals surface area contributed by atoms with E-state index in [1.54, 1.807) is 0 Å². The minimum absolute atomic E-state index is 0.0380. The Balaban J connectivity index is 1.91. The minimum Gasteiger partial charge on any atom is -0.384 e. The maximum absolute atomic E-state index is 13.1. The van der Waals surface area contributed by atoms with Crippen LogP contribution >= 0.6 is 0 Å². The molecule has 0 saturated carbocycles. The molecule has 126 valence electrons. The van der Waals surface area contributed by atoms with E-state index in [0.717, 1.165) is 21.9 Å². The summed E-state index contributed by atoms with van der Waals surface area (Å²) in [6.45, 7) is 0. The lowest BCUT2D eigenvalue weighted by atomic mass is 9.90. The first-order valence-corrected chi connectivity index (χ1v) is 8.60. The van der Waals surface area contributed by atoms with E-state index in [0.29, 0.717) is 11.1 Å². The molecule has 0 amide bonds. The number of benzene rings is 4. The molecule has 4 aromatic carbocycles. The van der Waals surface area contributed by atoms with Crippen LogP contribution in [0.1, 0.15) is 33.2 Å². The van der Waals surface area contributed by atoms with Gasteiger partial charge in [0.2, 0.25) is 0 Å². The molecule has 0 fully saturated rings. The first-order chi connectivity index (χ1) is 12.8. The predicted molar refractivity (Wildman–Crippen MR) is 104 cm³/mol. The third kappa shape index (κ3) is 2.92. The molecule has 1 N–H and O–H groups in total. The molecule has 2 heteroatoms. The van der Waals surface area contributed by atoms with Crippen molar-refractivity contribution in [3.05, 3.63) is 119 Å². The summed E-state index contributed by atoms with van der Waals surface area (Å²) >= 11 is 0. The van der Waals surface area contributed by atoms with E-state index in [2.05, 4.69) is 0 Å². The molecule has 0 aliphatic rings. The van der Waals surface area contributed by atoms with Gasteiger partial charge in [-0.25, -0.2) is 0 Å². The minimum atomic E-state index is -0.787. The Morgan fingerprint density at radius 2 is 1.31 bits per heavy atom. The molecular weight excluding hydrogens is 320 g/mol. The summed E-state index contributed by atoms with van der Waals surface area (Å²) < 4.78 is 0. The summed E-state index contributed by atoms with van der Waals surface area (Å²) in [5, 5.41) is 12.7. The molecule has 2 nitrogen and oxygen atoms in total. The van der Waals surface area contributed by atoms with Gasteiger partial charge in [-0.2, -0.15) is 0 Å². The van der Waals surface area contributed by atoms with Crippen molar-refractivity contribution in [2.45, 2.75) is 6.10 Å². The maximum Gasteiger partial charge on any atom is 0.193 e. The largest absolute Gasteiger partial charge is 0.384 e. The summed E-state index contributed by atoms with van der Waals surface area (Å²) in [6, 6.07) is 30.2. The number of ketones is 1. The van der Waals surface area contributed by atoms with Gasteiger partial charge in [-0.15, -0.1) is 0 Å². The first-order valence-electron chi connectivity index (χ1n) is 8.60. The smallest absolute Gasteiger partial charge is 0.193 e. The molecule has 26 heavy (non-hydrogen) atoms. The molecule has 0 bridgehead atoms. The van der Waals surface area contributed by atoms with E-state index >= 15 is 0 Å². The third-order valence-electron chi connectivity index (χ3n) is 4.63. The molecule has 0 spiro atoms. The van der Waals surface area contributed by atoms with Crippen LogP contribution in [-0.2, 0) is 0 Å². The molecule has 0 aromatic heterocycles. The van der Waals surface area contributed by atoms with Crippen molar-refractivity contribution < 1.29 is 9.90 Å². The van der Waals surface area contributed by atoms with Gasteiger partial charge in [0.25, 0.3) is 0 Å². The molecule has 0 heterocycles. The Hall–Kier alpha value is -3.23. The quantitative estimate of drug-likeness (QED) is 0.522. The molecular formula is C24H18O2. The van der Waals surface area contributed by atoms with Gasteiger partial charge < -0.3 is 5.11 Å². The fraction of sp³-hybridized carbons (Fsp3) is 0.0417. The van der Waals surface area contributed by atoms with Gasteiger partial charge in [-0.1, -0.05) is 97.1 Å². The van der Waals surface area contributed by atoms with Crippen molar-refractivity contribution >= 4 is 16.6 Å². The van der Waals surface area contributed by atoms with E-state index in [1.165, 1.54) is 0 Å². The number of aliphatic hydroxyl groups is 1. The fourth-order valence-corrected chi connectivity index (χ4v) is 3.35. The predicted octanol–water partition coefficient (Wildman–Crippen LogP) is 5.15. The van der Waals surface area contributed by atoms with Gasteiger partial charge >= 0.3 is 0 Å². The number of carbonyl (C=O) groups excluding carboxylic acids is 1. The number of rotatable bonds is 4. The zero-order valence-corrected chi connectivity index (χ0v) is 14.2. The van der Waals surface area contributed by atoms with Crippen molar-refractivity contribution in [3.63, 3.8) is 0 Å². The van der Waals surface area contributed by atoms with E-state index in [9.17, 15) is 9.90 Å². The van der Waals surface area contributed by atoms with Crippen LogP contribution in [0.25, 0.3) is 10.8 Å². The molecule has 4 rings (SSSR count). The highest BCUT2D eigenvalue weighted by Crippen LogP contribution is 2.32. The molecule has 0 radical (unpaired) electrons. The SMILES string of the molecule is O=C(c1ccccc1)c1cccc2cccc(C(O)c3ccccc3)c12. The van der Waals surface area contributed by atoms with E-state index in [4.69, 9.17) is 0 Å². The fourth-order valence-electron chi connectivity index (χ4n) is 3.35. The number of carbonyl (C=O) groups is 1. The van der Waals surface area contributed by atoms with Crippen LogP contribution in [0.4, 0.5) is 0 Å². The van der Waals surface area contributed by atoms with Gasteiger partial charge in [0.05, 0.1) is 0 Å². The molecule has 0 aliphatic heterocycles. The van der Waals surface area contributed by atoms with Crippen LogP contribution in [0.2, 0.25) is 0 Å². The van der Waals surface area contributed by atoms with Gasteiger partial charge in [0, 0.05) is 11.1 Å². The Morgan fingerprint density at radius 3 is 2.00 bits per heavy atom. The van der Waals surface area contributed by atoms with Gasteiger partial charge in [0.15, 0.2) is 5.78 Å².